The van der Waals surface area contributed by atoms with Crippen molar-refractivity contribution in [1.82, 2.24) is 9.88 Å². The summed E-state index contributed by atoms with van der Waals surface area (Å²) in [6, 6.07) is 4.71. The Morgan fingerprint density at radius 2 is 2.05 bits per heavy atom. The molecule has 6 heteroatoms. The minimum Gasteiger partial charge on any atom is -0.370 e. The molecule has 2 fully saturated rings. The number of anilines is 1. The van der Waals surface area contributed by atoms with Gasteiger partial charge in [0.15, 0.2) is 0 Å². The molecule has 3 rings (SSSR count). The molecule has 21 heavy (non-hydrogen) atoms. The summed E-state index contributed by atoms with van der Waals surface area (Å²) in [5, 5.41) is 14.1. The van der Waals surface area contributed by atoms with E-state index >= 15 is 0 Å². The van der Waals surface area contributed by atoms with Crippen LogP contribution in [0.2, 0.25) is 0 Å². The van der Waals surface area contributed by atoms with Gasteiger partial charge in [0.25, 0.3) is 5.69 Å². The van der Waals surface area contributed by atoms with Crippen molar-refractivity contribution in [3.63, 3.8) is 0 Å². The largest absolute Gasteiger partial charge is 0.370 e. The van der Waals surface area contributed by atoms with Crippen molar-refractivity contribution in [3.05, 3.63) is 27.9 Å². The molecular weight excluding hydrogens is 268 g/mol. The summed E-state index contributed by atoms with van der Waals surface area (Å²) >= 11 is 0. The van der Waals surface area contributed by atoms with Crippen LogP contribution in [-0.2, 0) is 0 Å². The van der Waals surface area contributed by atoms with Crippen molar-refractivity contribution in [2.75, 3.05) is 18.9 Å². The monoisotopic (exact) mass is 290 g/mol. The summed E-state index contributed by atoms with van der Waals surface area (Å²) in [7, 11) is 2.24. The van der Waals surface area contributed by atoms with Crippen LogP contribution in [-0.4, -0.2) is 40.5 Å². The highest BCUT2D eigenvalue weighted by atomic mass is 16.6. The predicted octanol–water partition coefficient (Wildman–Crippen LogP) is 2.58. The van der Waals surface area contributed by atoms with Gasteiger partial charge in [0.05, 0.1) is 4.92 Å². The molecule has 0 aliphatic carbocycles. The van der Waals surface area contributed by atoms with E-state index in [1.54, 1.807) is 13.0 Å². The Morgan fingerprint density at radius 1 is 1.38 bits per heavy atom. The lowest BCUT2D eigenvalue weighted by atomic mass is 9.91. The molecule has 2 aliphatic heterocycles. The number of piperidine rings is 1. The third-order valence-corrected chi connectivity index (χ3v) is 5.02. The molecule has 2 aliphatic rings. The molecule has 3 heterocycles. The van der Waals surface area contributed by atoms with Gasteiger partial charge in [-0.2, -0.15) is 0 Å². The van der Waals surface area contributed by atoms with Crippen molar-refractivity contribution in [2.24, 2.45) is 5.92 Å². The topological polar surface area (TPSA) is 71.3 Å². The number of fused-ring (bicyclic) bond motifs is 2. The van der Waals surface area contributed by atoms with E-state index in [9.17, 15) is 10.1 Å². The summed E-state index contributed by atoms with van der Waals surface area (Å²) in [6.07, 6.45) is 5.14. The van der Waals surface area contributed by atoms with E-state index in [4.69, 9.17) is 0 Å². The van der Waals surface area contributed by atoms with Crippen LogP contribution >= 0.6 is 0 Å². The van der Waals surface area contributed by atoms with E-state index in [0.717, 1.165) is 24.4 Å². The molecule has 0 radical (unpaired) electrons. The molecule has 0 aromatic carbocycles. The molecule has 1 N–H and O–H groups in total. The third-order valence-electron chi connectivity index (χ3n) is 5.02. The van der Waals surface area contributed by atoms with Crippen molar-refractivity contribution >= 4 is 11.5 Å². The van der Waals surface area contributed by atoms with E-state index in [1.807, 2.05) is 0 Å². The van der Waals surface area contributed by atoms with Crippen LogP contribution in [0.1, 0.15) is 31.4 Å². The molecule has 1 aromatic heterocycles. The lowest BCUT2D eigenvalue weighted by Crippen LogP contribution is -2.41. The first-order chi connectivity index (χ1) is 10.0. The second-order valence-corrected chi connectivity index (χ2v) is 6.33. The van der Waals surface area contributed by atoms with Crippen molar-refractivity contribution in [1.29, 1.82) is 0 Å². The lowest BCUT2D eigenvalue weighted by Gasteiger charge is -2.36. The Morgan fingerprint density at radius 3 is 2.62 bits per heavy atom. The van der Waals surface area contributed by atoms with Crippen LogP contribution in [0, 0.1) is 23.0 Å². The van der Waals surface area contributed by atoms with Gasteiger partial charge < -0.3 is 10.2 Å². The number of aromatic nitrogens is 1. The number of aryl methyl sites for hydroxylation is 1. The molecule has 6 nitrogen and oxygen atoms in total. The average Bonchev–Trinajstić information content (AvgIpc) is 2.67. The fraction of sp³-hybridized carbons (Fsp3) is 0.667. The quantitative estimate of drug-likeness (QED) is 0.681. The summed E-state index contributed by atoms with van der Waals surface area (Å²) < 4.78 is 0. The van der Waals surface area contributed by atoms with E-state index in [-0.39, 0.29) is 10.6 Å². The van der Waals surface area contributed by atoms with E-state index < -0.39 is 0 Å². The summed E-state index contributed by atoms with van der Waals surface area (Å²) in [4.78, 5) is 17.2. The number of nitro groups is 1. The first-order valence-electron chi connectivity index (χ1n) is 7.62. The van der Waals surface area contributed by atoms with E-state index in [1.165, 1.54) is 31.7 Å². The summed E-state index contributed by atoms with van der Waals surface area (Å²) in [6.45, 7) is 2.59. The van der Waals surface area contributed by atoms with Crippen LogP contribution in [0.15, 0.2) is 12.1 Å². The van der Waals surface area contributed by atoms with Crippen molar-refractivity contribution in [2.45, 2.75) is 44.7 Å². The van der Waals surface area contributed by atoms with Crippen LogP contribution in [0.3, 0.4) is 0 Å². The molecule has 1 aromatic rings. The molecule has 2 unspecified atom stereocenters. The molecular formula is C15H22N4O2. The van der Waals surface area contributed by atoms with Crippen LogP contribution < -0.4 is 5.32 Å². The zero-order valence-corrected chi connectivity index (χ0v) is 12.6. The normalized spacial score (nSPS) is 28.6. The minimum absolute atomic E-state index is 0.0814. The second kappa shape index (κ2) is 5.60. The summed E-state index contributed by atoms with van der Waals surface area (Å²) in [5.74, 6) is 1.42. The van der Waals surface area contributed by atoms with E-state index in [2.05, 4.69) is 22.2 Å². The van der Waals surface area contributed by atoms with Gasteiger partial charge in [-0.25, -0.2) is 4.98 Å². The smallest absolute Gasteiger partial charge is 0.290 e. The molecule has 0 amide bonds. The van der Waals surface area contributed by atoms with Crippen LogP contribution in [0.25, 0.3) is 0 Å². The maximum absolute atomic E-state index is 10.8. The fourth-order valence-electron chi connectivity index (χ4n) is 3.78. The number of hydrogen-bond acceptors (Lipinski definition) is 5. The number of nitrogens with one attached hydrogen (secondary N) is 1. The highest BCUT2D eigenvalue weighted by Crippen LogP contribution is 2.37. The summed E-state index contributed by atoms with van der Waals surface area (Å²) in [5.41, 5.74) is 0.548. The second-order valence-electron chi connectivity index (χ2n) is 6.33. The predicted molar refractivity (Wildman–Crippen MR) is 81.4 cm³/mol. The fourth-order valence-corrected chi connectivity index (χ4v) is 3.78. The molecule has 0 saturated carbocycles. The number of rotatable bonds is 4. The Hall–Kier alpha value is -1.69. The molecule has 114 valence electrons. The van der Waals surface area contributed by atoms with E-state index in [0.29, 0.717) is 11.6 Å². The van der Waals surface area contributed by atoms with Gasteiger partial charge >= 0.3 is 0 Å². The van der Waals surface area contributed by atoms with Gasteiger partial charge in [-0.3, -0.25) is 10.1 Å². The third kappa shape index (κ3) is 2.85. The lowest BCUT2D eigenvalue weighted by molar-refractivity contribution is -0.385. The Labute approximate surface area is 124 Å². The van der Waals surface area contributed by atoms with Gasteiger partial charge in [-0.05, 0) is 51.6 Å². The highest BCUT2D eigenvalue weighted by Gasteiger charge is 2.38. The first-order valence-corrected chi connectivity index (χ1v) is 7.62. The first kappa shape index (κ1) is 14.3. The van der Waals surface area contributed by atoms with Crippen molar-refractivity contribution < 1.29 is 4.92 Å². The molecule has 2 atom stereocenters. The van der Waals surface area contributed by atoms with Crippen LogP contribution in [0.4, 0.5) is 11.5 Å². The Bertz CT molecular complexity index is 534. The van der Waals surface area contributed by atoms with Crippen molar-refractivity contribution in [3.8, 4) is 0 Å². The Balaban J connectivity index is 1.58. The SMILES string of the molecule is Cc1nc(NCC2CC3CCC(C2)N3C)ccc1[N+](=O)[O-]. The van der Waals surface area contributed by atoms with Gasteiger partial charge in [-0.15, -0.1) is 0 Å². The molecule has 2 saturated heterocycles. The van der Waals surface area contributed by atoms with Gasteiger partial charge in [0.2, 0.25) is 0 Å². The molecule has 2 bridgehead atoms. The zero-order chi connectivity index (χ0) is 15.0. The van der Waals surface area contributed by atoms with Gasteiger partial charge in [-0.1, -0.05) is 0 Å². The standard InChI is InChI=1S/C15H22N4O2/c1-10-14(19(20)21)5-6-15(17-10)16-9-11-7-12-3-4-13(8-11)18(12)2/h5-6,11-13H,3-4,7-9H2,1-2H3,(H,16,17). The average molecular weight is 290 g/mol. The number of pyridine rings is 1. The number of nitrogens with zero attached hydrogens (tertiary/aromatic N) is 3. The highest BCUT2D eigenvalue weighted by molar-refractivity contribution is 5.44. The Kier molecular flexibility index (Phi) is 3.80. The molecule has 0 spiro atoms. The zero-order valence-electron chi connectivity index (χ0n) is 12.6. The maximum Gasteiger partial charge on any atom is 0.290 e. The van der Waals surface area contributed by atoms with Gasteiger partial charge in [0, 0.05) is 24.7 Å². The maximum atomic E-state index is 10.8. The number of hydrogen-bond donors (Lipinski definition) is 1. The van der Waals surface area contributed by atoms with Gasteiger partial charge in [0.1, 0.15) is 11.5 Å². The minimum atomic E-state index is -0.388. The van der Waals surface area contributed by atoms with Crippen LogP contribution in [0.5, 0.6) is 0 Å².